The third-order valence-corrected chi connectivity index (χ3v) is 2.49. The molecule has 0 atom stereocenters. The average molecular weight is 208 g/mol. The van der Waals surface area contributed by atoms with Gasteiger partial charge in [0.05, 0.1) is 13.7 Å². The molecule has 15 heavy (non-hydrogen) atoms. The van der Waals surface area contributed by atoms with E-state index < -0.39 is 5.97 Å². The van der Waals surface area contributed by atoms with E-state index in [1.54, 1.807) is 12.1 Å². The molecule has 0 amide bonds. The minimum absolute atomic E-state index is 0.231. The molecule has 80 valence electrons. The number of fused-ring (bicyclic) bond motifs is 1. The first kappa shape index (κ1) is 9.83. The Morgan fingerprint density at radius 2 is 2.33 bits per heavy atom. The van der Waals surface area contributed by atoms with Gasteiger partial charge in [0.25, 0.3) is 0 Å². The number of carbonyl (C=O) groups is 1. The number of methoxy groups -OCH3 is 1. The summed E-state index contributed by atoms with van der Waals surface area (Å²) in [5, 5.41) is 9.12. The van der Waals surface area contributed by atoms with Gasteiger partial charge >= 0.3 is 5.97 Å². The van der Waals surface area contributed by atoms with E-state index in [2.05, 4.69) is 0 Å². The molecule has 0 saturated heterocycles. The van der Waals surface area contributed by atoms with Gasteiger partial charge in [-0.3, -0.25) is 0 Å². The zero-order valence-corrected chi connectivity index (χ0v) is 8.45. The van der Waals surface area contributed by atoms with Gasteiger partial charge in [-0.05, 0) is 25.0 Å². The molecule has 0 unspecified atom stereocenters. The number of benzene rings is 1. The smallest absolute Gasteiger partial charge is 0.339 e. The lowest BCUT2D eigenvalue weighted by Gasteiger charge is -2.20. The maximum Gasteiger partial charge on any atom is 0.339 e. The van der Waals surface area contributed by atoms with E-state index >= 15 is 0 Å². The maximum absolute atomic E-state index is 11.1. The summed E-state index contributed by atoms with van der Waals surface area (Å²) in [6.45, 7) is 0.651. The van der Waals surface area contributed by atoms with Crippen LogP contribution in [0, 0.1) is 0 Å². The summed E-state index contributed by atoms with van der Waals surface area (Å²) < 4.78 is 10.4. The van der Waals surface area contributed by atoms with Crippen molar-refractivity contribution in [3.05, 3.63) is 23.3 Å². The highest BCUT2D eigenvalue weighted by Gasteiger charge is 2.22. The van der Waals surface area contributed by atoms with Gasteiger partial charge < -0.3 is 14.6 Å². The van der Waals surface area contributed by atoms with Gasteiger partial charge in [-0.2, -0.15) is 0 Å². The van der Waals surface area contributed by atoms with Crippen molar-refractivity contribution >= 4 is 5.97 Å². The van der Waals surface area contributed by atoms with Crippen LogP contribution in [0.25, 0.3) is 0 Å². The van der Waals surface area contributed by atoms with Crippen LogP contribution in [-0.2, 0) is 6.42 Å². The van der Waals surface area contributed by atoms with Gasteiger partial charge in [0.1, 0.15) is 17.1 Å². The Bertz CT molecular complexity index is 398. The molecular weight excluding hydrogens is 196 g/mol. The topological polar surface area (TPSA) is 55.8 Å². The number of carboxylic acids is 1. The van der Waals surface area contributed by atoms with Crippen molar-refractivity contribution in [3.8, 4) is 11.5 Å². The highest BCUT2D eigenvalue weighted by molar-refractivity contribution is 5.93. The second-order valence-corrected chi connectivity index (χ2v) is 3.38. The van der Waals surface area contributed by atoms with Gasteiger partial charge in [-0.1, -0.05) is 0 Å². The molecule has 1 heterocycles. The van der Waals surface area contributed by atoms with E-state index in [-0.39, 0.29) is 5.56 Å². The summed E-state index contributed by atoms with van der Waals surface area (Å²) in [5.41, 5.74) is 0.975. The van der Waals surface area contributed by atoms with Crippen LogP contribution in [0.15, 0.2) is 12.1 Å². The summed E-state index contributed by atoms with van der Waals surface area (Å²) >= 11 is 0. The molecule has 2 rings (SSSR count). The van der Waals surface area contributed by atoms with Crippen LogP contribution in [0.4, 0.5) is 0 Å². The van der Waals surface area contributed by atoms with Crippen molar-refractivity contribution in [1.29, 1.82) is 0 Å². The molecule has 1 aromatic rings. The quantitative estimate of drug-likeness (QED) is 0.803. The molecule has 1 aliphatic rings. The van der Waals surface area contributed by atoms with Crippen LogP contribution in [0.2, 0.25) is 0 Å². The molecule has 4 heteroatoms. The monoisotopic (exact) mass is 208 g/mol. The first-order valence-electron chi connectivity index (χ1n) is 4.80. The van der Waals surface area contributed by atoms with Crippen molar-refractivity contribution in [2.45, 2.75) is 12.8 Å². The van der Waals surface area contributed by atoms with E-state index in [9.17, 15) is 4.79 Å². The van der Waals surface area contributed by atoms with Gasteiger partial charge in [0.15, 0.2) is 0 Å². The largest absolute Gasteiger partial charge is 0.496 e. The van der Waals surface area contributed by atoms with Gasteiger partial charge in [-0.25, -0.2) is 4.79 Å². The lowest BCUT2D eigenvalue weighted by molar-refractivity contribution is 0.0690. The lowest BCUT2D eigenvalue weighted by atomic mass is 9.99. The Morgan fingerprint density at radius 3 is 3.00 bits per heavy atom. The molecule has 1 aliphatic heterocycles. The van der Waals surface area contributed by atoms with Gasteiger partial charge in [0, 0.05) is 5.56 Å². The summed E-state index contributed by atoms with van der Waals surface area (Å²) in [5.74, 6) is 0.0976. The summed E-state index contributed by atoms with van der Waals surface area (Å²) in [4.78, 5) is 11.1. The van der Waals surface area contributed by atoms with Crippen LogP contribution in [0.1, 0.15) is 22.3 Å². The van der Waals surface area contributed by atoms with Crippen molar-refractivity contribution < 1.29 is 19.4 Å². The second kappa shape index (κ2) is 3.81. The molecule has 0 saturated carbocycles. The van der Waals surface area contributed by atoms with Crippen molar-refractivity contribution in [1.82, 2.24) is 0 Å². The number of ether oxygens (including phenoxy) is 2. The Balaban J connectivity index is 2.59. The lowest BCUT2D eigenvalue weighted by Crippen LogP contribution is -2.14. The van der Waals surface area contributed by atoms with Crippen LogP contribution in [-0.4, -0.2) is 24.8 Å². The van der Waals surface area contributed by atoms with Crippen molar-refractivity contribution in [2.75, 3.05) is 13.7 Å². The third kappa shape index (κ3) is 1.63. The molecule has 1 N–H and O–H groups in total. The van der Waals surface area contributed by atoms with Crippen LogP contribution < -0.4 is 9.47 Å². The molecule has 0 aromatic heterocycles. The van der Waals surface area contributed by atoms with Gasteiger partial charge in [-0.15, -0.1) is 0 Å². The third-order valence-electron chi connectivity index (χ3n) is 2.49. The van der Waals surface area contributed by atoms with Gasteiger partial charge in [0.2, 0.25) is 0 Å². The normalized spacial score (nSPS) is 13.9. The summed E-state index contributed by atoms with van der Waals surface area (Å²) in [6, 6.07) is 3.40. The average Bonchev–Trinajstić information content (AvgIpc) is 2.27. The van der Waals surface area contributed by atoms with E-state index in [1.807, 2.05) is 0 Å². The number of rotatable bonds is 2. The fourth-order valence-corrected chi connectivity index (χ4v) is 1.83. The zero-order valence-electron chi connectivity index (χ0n) is 8.45. The van der Waals surface area contributed by atoms with Crippen LogP contribution in [0.5, 0.6) is 11.5 Å². The summed E-state index contributed by atoms with van der Waals surface area (Å²) in [7, 11) is 1.47. The Morgan fingerprint density at radius 1 is 1.53 bits per heavy atom. The molecule has 4 nitrogen and oxygen atoms in total. The molecule has 1 aromatic carbocycles. The number of carboxylic acid groups (broad SMARTS) is 1. The van der Waals surface area contributed by atoms with Crippen molar-refractivity contribution in [2.24, 2.45) is 0 Å². The predicted octanol–water partition coefficient (Wildman–Crippen LogP) is 1.72. The molecule has 0 radical (unpaired) electrons. The second-order valence-electron chi connectivity index (χ2n) is 3.38. The minimum Gasteiger partial charge on any atom is -0.496 e. The van der Waals surface area contributed by atoms with E-state index in [0.717, 1.165) is 18.4 Å². The Labute approximate surface area is 87.4 Å². The number of aromatic carboxylic acids is 1. The molecule has 0 bridgehead atoms. The Hall–Kier alpha value is -1.71. The van der Waals surface area contributed by atoms with Crippen LogP contribution >= 0.6 is 0 Å². The fourth-order valence-electron chi connectivity index (χ4n) is 1.83. The number of hydrogen-bond acceptors (Lipinski definition) is 3. The molecule has 0 fully saturated rings. The summed E-state index contributed by atoms with van der Waals surface area (Å²) in [6.07, 6.45) is 1.58. The zero-order chi connectivity index (χ0) is 10.8. The molecule has 0 spiro atoms. The first-order valence-corrected chi connectivity index (χ1v) is 4.80. The number of hydrogen-bond donors (Lipinski definition) is 1. The maximum atomic E-state index is 11.1. The SMILES string of the molecule is COc1ccc2c(c1C(=O)O)CCCO2. The van der Waals surface area contributed by atoms with Crippen molar-refractivity contribution in [3.63, 3.8) is 0 Å². The molecule has 0 aliphatic carbocycles. The van der Waals surface area contributed by atoms with Crippen LogP contribution in [0.3, 0.4) is 0 Å². The highest BCUT2D eigenvalue weighted by Crippen LogP contribution is 2.33. The van der Waals surface area contributed by atoms with E-state index in [1.165, 1.54) is 7.11 Å². The standard InChI is InChI=1S/C11H12O4/c1-14-9-5-4-8-7(3-2-6-15-8)10(9)11(12)13/h4-5H,2-3,6H2,1H3,(H,12,13). The fraction of sp³-hybridized carbons (Fsp3) is 0.364. The highest BCUT2D eigenvalue weighted by atomic mass is 16.5. The van der Waals surface area contributed by atoms with E-state index in [0.29, 0.717) is 18.1 Å². The minimum atomic E-state index is -0.964. The Kier molecular flexibility index (Phi) is 2.49. The molecular formula is C11H12O4. The predicted molar refractivity (Wildman–Crippen MR) is 53.8 cm³/mol. The first-order chi connectivity index (χ1) is 7.24. The van der Waals surface area contributed by atoms with E-state index in [4.69, 9.17) is 14.6 Å².